The van der Waals surface area contributed by atoms with Gasteiger partial charge in [0.2, 0.25) is 5.91 Å². The van der Waals surface area contributed by atoms with Crippen LogP contribution < -0.4 is 15.2 Å². The Kier molecular flexibility index (Phi) is 7.21. The fraction of sp³-hybridized carbons (Fsp3) is 0.320. The highest BCUT2D eigenvalue weighted by molar-refractivity contribution is 7.15. The van der Waals surface area contributed by atoms with Gasteiger partial charge in [-0.25, -0.2) is 9.78 Å². The average Bonchev–Trinajstić information content (AvgIpc) is 3.58. The van der Waals surface area contributed by atoms with Crippen LogP contribution in [0.15, 0.2) is 42.5 Å². The van der Waals surface area contributed by atoms with Crippen LogP contribution in [0, 0.1) is 5.92 Å². The number of carbonyl (C=O) groups is 2. The number of benzene rings is 2. The van der Waals surface area contributed by atoms with E-state index < -0.39 is 29.5 Å². The summed E-state index contributed by atoms with van der Waals surface area (Å²) < 4.78 is 56.0. The molecule has 7 nitrogen and oxygen atoms in total. The number of aromatic nitrogens is 1. The Morgan fingerprint density at radius 3 is 2.44 bits per heavy atom. The van der Waals surface area contributed by atoms with E-state index in [-0.39, 0.29) is 33.7 Å². The summed E-state index contributed by atoms with van der Waals surface area (Å²) in [7, 11) is 2.90. The van der Waals surface area contributed by atoms with E-state index in [1.165, 1.54) is 26.4 Å². The van der Waals surface area contributed by atoms with Gasteiger partial charge < -0.3 is 19.9 Å². The van der Waals surface area contributed by atoms with Crippen LogP contribution in [0.4, 0.5) is 13.2 Å². The van der Waals surface area contributed by atoms with Crippen LogP contribution in [-0.2, 0) is 15.7 Å². The van der Waals surface area contributed by atoms with Crippen LogP contribution in [-0.4, -0.2) is 37.7 Å². The lowest BCUT2D eigenvalue weighted by Gasteiger charge is -2.14. The lowest BCUT2D eigenvalue weighted by molar-refractivity contribution is -0.137. The molecule has 36 heavy (non-hydrogen) atoms. The van der Waals surface area contributed by atoms with Gasteiger partial charge in [0.1, 0.15) is 10.9 Å². The van der Waals surface area contributed by atoms with Gasteiger partial charge in [-0.2, -0.15) is 13.2 Å². The van der Waals surface area contributed by atoms with Crippen LogP contribution in [0.1, 0.15) is 45.4 Å². The molecule has 1 atom stereocenters. The second-order valence-corrected chi connectivity index (χ2v) is 9.33. The molecule has 0 saturated heterocycles. The number of thiazole rings is 1. The molecule has 1 aromatic heterocycles. The van der Waals surface area contributed by atoms with Crippen molar-refractivity contribution in [2.75, 3.05) is 20.8 Å². The summed E-state index contributed by atoms with van der Waals surface area (Å²) in [5.74, 6) is -1.58. The smallest absolute Gasteiger partial charge is 0.416 e. The third kappa shape index (κ3) is 5.46. The van der Waals surface area contributed by atoms with Crippen LogP contribution in [0.3, 0.4) is 0 Å². The SMILES string of the molecule is COc1ccc(C(C(N)=O)c2nc(C(=O)OCC3CC3)c(-c3cccc(C(F)(F)F)c3)s2)cc1OC. The lowest BCUT2D eigenvalue weighted by atomic mass is 9.98. The maximum absolute atomic E-state index is 13.4. The van der Waals surface area contributed by atoms with Crippen LogP contribution in [0.5, 0.6) is 11.5 Å². The Hall–Kier alpha value is -3.60. The summed E-state index contributed by atoms with van der Waals surface area (Å²) in [6.07, 6.45) is -2.69. The van der Waals surface area contributed by atoms with Crippen molar-refractivity contribution in [1.82, 2.24) is 4.98 Å². The first-order valence-electron chi connectivity index (χ1n) is 11.0. The van der Waals surface area contributed by atoms with Gasteiger partial charge >= 0.3 is 12.1 Å². The molecule has 1 amide bonds. The van der Waals surface area contributed by atoms with Gasteiger partial charge in [0.15, 0.2) is 17.2 Å². The van der Waals surface area contributed by atoms with Gasteiger partial charge in [-0.15, -0.1) is 11.3 Å². The molecule has 11 heteroatoms. The fourth-order valence-corrected chi connectivity index (χ4v) is 4.82. The molecule has 0 radical (unpaired) electrons. The van der Waals surface area contributed by atoms with Gasteiger partial charge in [0.25, 0.3) is 0 Å². The van der Waals surface area contributed by atoms with Crippen LogP contribution >= 0.6 is 11.3 Å². The van der Waals surface area contributed by atoms with Crippen molar-refractivity contribution in [2.45, 2.75) is 24.9 Å². The third-order valence-electron chi connectivity index (χ3n) is 5.71. The van der Waals surface area contributed by atoms with E-state index >= 15 is 0 Å². The van der Waals surface area contributed by atoms with E-state index in [0.717, 1.165) is 36.3 Å². The maximum atomic E-state index is 13.4. The molecule has 1 aliphatic carbocycles. The molecule has 2 N–H and O–H groups in total. The third-order valence-corrected chi connectivity index (χ3v) is 6.88. The van der Waals surface area contributed by atoms with E-state index in [2.05, 4.69) is 4.98 Å². The second kappa shape index (κ2) is 10.2. The van der Waals surface area contributed by atoms with Crippen molar-refractivity contribution < 1.29 is 37.0 Å². The van der Waals surface area contributed by atoms with Crippen LogP contribution in [0.2, 0.25) is 0 Å². The number of carbonyl (C=O) groups excluding carboxylic acids is 2. The van der Waals surface area contributed by atoms with Gasteiger partial charge in [-0.3, -0.25) is 4.79 Å². The predicted octanol–water partition coefficient (Wildman–Crippen LogP) is 5.03. The number of ether oxygens (including phenoxy) is 3. The highest BCUT2D eigenvalue weighted by Crippen LogP contribution is 2.40. The minimum absolute atomic E-state index is 0.127. The van der Waals surface area contributed by atoms with Crippen molar-refractivity contribution in [3.05, 3.63) is 64.3 Å². The number of halogens is 3. The second-order valence-electron chi connectivity index (χ2n) is 8.30. The fourth-order valence-electron chi connectivity index (χ4n) is 3.64. The molecule has 4 rings (SSSR count). The molecule has 1 heterocycles. The standard InChI is InChI=1S/C25H23F3N2O5S/c1-33-17-9-8-14(11-18(17)34-2)19(22(29)31)23-30-20(24(32)35-12-13-6-7-13)21(36-23)15-4-3-5-16(10-15)25(26,27)28/h3-5,8-11,13,19H,6-7,12H2,1-2H3,(H2,29,31). The predicted molar refractivity (Wildman–Crippen MR) is 126 cm³/mol. The number of nitrogens with zero attached hydrogens (tertiary/aromatic N) is 1. The minimum Gasteiger partial charge on any atom is -0.493 e. The van der Waals surface area contributed by atoms with Gasteiger partial charge in [0.05, 0.1) is 31.3 Å². The lowest BCUT2D eigenvalue weighted by Crippen LogP contribution is -2.22. The Morgan fingerprint density at radius 2 is 1.83 bits per heavy atom. The van der Waals surface area contributed by atoms with E-state index in [4.69, 9.17) is 19.9 Å². The topological polar surface area (TPSA) is 101 Å². The highest BCUT2D eigenvalue weighted by atomic mass is 32.1. The summed E-state index contributed by atoms with van der Waals surface area (Å²) in [6.45, 7) is 0.197. The van der Waals surface area contributed by atoms with Gasteiger partial charge in [-0.1, -0.05) is 18.2 Å². The number of rotatable bonds is 9. The normalized spacial score (nSPS) is 14.2. The largest absolute Gasteiger partial charge is 0.493 e. The first kappa shape index (κ1) is 25.5. The molecule has 2 aromatic carbocycles. The van der Waals surface area contributed by atoms with Crippen molar-refractivity contribution in [2.24, 2.45) is 11.7 Å². The number of amides is 1. The number of methoxy groups -OCH3 is 2. The molecule has 1 saturated carbocycles. The number of hydrogen-bond donors (Lipinski definition) is 1. The van der Waals surface area contributed by atoms with Crippen molar-refractivity contribution in [1.29, 1.82) is 0 Å². The molecular weight excluding hydrogens is 497 g/mol. The van der Waals surface area contributed by atoms with E-state index in [0.29, 0.717) is 17.1 Å². The summed E-state index contributed by atoms with van der Waals surface area (Å²) in [5.41, 5.74) is 5.22. The Bertz CT molecular complexity index is 1290. The number of primary amides is 1. The first-order chi connectivity index (χ1) is 17.1. The number of hydrogen-bond acceptors (Lipinski definition) is 7. The van der Waals surface area contributed by atoms with Crippen molar-refractivity contribution in [3.8, 4) is 21.9 Å². The summed E-state index contributed by atoms with van der Waals surface area (Å²) in [6, 6.07) is 9.32. The molecule has 0 aliphatic heterocycles. The number of alkyl halides is 3. The molecule has 0 spiro atoms. The Balaban J connectivity index is 1.81. The molecule has 3 aromatic rings. The number of nitrogens with two attached hydrogens (primary N) is 1. The number of esters is 1. The van der Waals surface area contributed by atoms with Crippen molar-refractivity contribution >= 4 is 23.2 Å². The summed E-state index contributed by atoms with van der Waals surface area (Å²) in [4.78, 5) is 30.0. The zero-order valence-electron chi connectivity index (χ0n) is 19.4. The average molecular weight is 521 g/mol. The molecule has 0 bridgehead atoms. The minimum atomic E-state index is -4.58. The first-order valence-corrected chi connectivity index (χ1v) is 11.8. The molecule has 1 fully saturated rings. The monoisotopic (exact) mass is 520 g/mol. The molecular formula is C25H23F3N2O5S. The van der Waals surface area contributed by atoms with E-state index in [1.807, 2.05) is 0 Å². The van der Waals surface area contributed by atoms with Crippen molar-refractivity contribution in [3.63, 3.8) is 0 Å². The molecule has 1 aliphatic rings. The van der Waals surface area contributed by atoms with Gasteiger partial charge in [-0.05, 0) is 54.2 Å². The quantitative estimate of drug-likeness (QED) is 0.397. The van der Waals surface area contributed by atoms with E-state index in [9.17, 15) is 22.8 Å². The molecule has 190 valence electrons. The molecule has 1 unspecified atom stereocenters. The Labute approximate surface area is 209 Å². The summed E-state index contributed by atoms with van der Waals surface area (Å²) in [5, 5.41) is 0.139. The highest BCUT2D eigenvalue weighted by Gasteiger charge is 2.33. The zero-order chi connectivity index (χ0) is 26.0. The van der Waals surface area contributed by atoms with Gasteiger partial charge in [0, 0.05) is 0 Å². The Morgan fingerprint density at radius 1 is 1.11 bits per heavy atom. The maximum Gasteiger partial charge on any atom is 0.416 e. The van der Waals surface area contributed by atoms with Crippen LogP contribution in [0.25, 0.3) is 10.4 Å². The summed E-state index contributed by atoms with van der Waals surface area (Å²) >= 11 is 0.913. The zero-order valence-corrected chi connectivity index (χ0v) is 20.2. The van der Waals surface area contributed by atoms with E-state index in [1.54, 1.807) is 18.2 Å².